The van der Waals surface area contributed by atoms with Crippen molar-refractivity contribution in [3.05, 3.63) is 0 Å². The summed E-state index contributed by atoms with van der Waals surface area (Å²) in [7, 11) is 0. The fourth-order valence-corrected chi connectivity index (χ4v) is 2.74. The Morgan fingerprint density at radius 1 is 1.16 bits per heavy atom. The van der Waals surface area contributed by atoms with Gasteiger partial charge in [-0.1, -0.05) is 6.92 Å². The van der Waals surface area contributed by atoms with Gasteiger partial charge in [0.05, 0.1) is 12.7 Å². The van der Waals surface area contributed by atoms with Crippen LogP contribution in [0.1, 0.15) is 41.0 Å². The zero-order valence-electron chi connectivity index (χ0n) is 12.4. The monoisotopic (exact) mass is 271 g/mol. The first kappa shape index (κ1) is 14.9. The molecule has 19 heavy (non-hydrogen) atoms. The molecule has 0 aromatic carbocycles. The summed E-state index contributed by atoms with van der Waals surface area (Å²) in [6, 6.07) is 0. The number of hydrogen-bond donors (Lipinski definition) is 1. The molecule has 0 unspecified atom stereocenters. The van der Waals surface area contributed by atoms with E-state index in [1.165, 1.54) is 6.21 Å². The van der Waals surface area contributed by atoms with Crippen molar-refractivity contribution < 1.29 is 18.9 Å². The lowest BCUT2D eigenvalue weighted by atomic mass is 9.94. The molecule has 2 aliphatic heterocycles. The highest BCUT2D eigenvalue weighted by Crippen LogP contribution is 2.38. The molecule has 1 N–H and O–H groups in total. The standard InChI is InChI=1S/C14H25NO4/c1-9(6-7-15)11-12(19-14(4,5)18-11)10-8-16-13(2,3)17-10/h7,9-12,15H,6,8H2,1-5H3/t9-,10-,11-,12-/m1/s1. The Bertz CT molecular complexity index is 342. The van der Waals surface area contributed by atoms with Crippen molar-refractivity contribution >= 4 is 6.21 Å². The first-order chi connectivity index (χ1) is 8.74. The average molecular weight is 271 g/mol. The number of nitrogens with one attached hydrogen (secondary N) is 1. The minimum atomic E-state index is -0.609. The molecule has 0 aromatic rings. The van der Waals surface area contributed by atoms with Crippen molar-refractivity contribution in [1.29, 1.82) is 5.41 Å². The molecule has 0 bridgehead atoms. The van der Waals surface area contributed by atoms with Crippen molar-refractivity contribution in [3.8, 4) is 0 Å². The molecule has 2 fully saturated rings. The van der Waals surface area contributed by atoms with Gasteiger partial charge >= 0.3 is 0 Å². The average Bonchev–Trinajstić information content (AvgIpc) is 2.78. The summed E-state index contributed by atoms with van der Waals surface area (Å²) in [6.07, 6.45) is 1.77. The number of rotatable bonds is 4. The van der Waals surface area contributed by atoms with Crippen LogP contribution >= 0.6 is 0 Å². The molecule has 2 saturated heterocycles. The maximum absolute atomic E-state index is 7.26. The van der Waals surface area contributed by atoms with Gasteiger partial charge < -0.3 is 24.4 Å². The summed E-state index contributed by atoms with van der Waals surface area (Å²) in [5.41, 5.74) is 0. The quantitative estimate of drug-likeness (QED) is 0.797. The predicted octanol–water partition coefficient (Wildman–Crippen LogP) is 2.33. The topological polar surface area (TPSA) is 60.8 Å². The summed E-state index contributed by atoms with van der Waals surface area (Å²) < 4.78 is 23.5. The Morgan fingerprint density at radius 2 is 1.84 bits per heavy atom. The lowest BCUT2D eigenvalue weighted by Gasteiger charge is -2.26. The first-order valence-electron chi connectivity index (χ1n) is 6.90. The molecular weight excluding hydrogens is 246 g/mol. The van der Waals surface area contributed by atoms with Gasteiger partial charge in [0.1, 0.15) is 12.2 Å². The van der Waals surface area contributed by atoms with E-state index in [-0.39, 0.29) is 24.2 Å². The Hall–Kier alpha value is -0.490. The van der Waals surface area contributed by atoms with Gasteiger partial charge in [-0.25, -0.2) is 0 Å². The molecular formula is C14H25NO4. The maximum atomic E-state index is 7.26. The normalized spacial score (nSPS) is 38.3. The van der Waals surface area contributed by atoms with Crippen molar-refractivity contribution in [2.24, 2.45) is 5.92 Å². The molecule has 4 atom stereocenters. The van der Waals surface area contributed by atoms with Gasteiger partial charge in [-0.3, -0.25) is 0 Å². The highest BCUT2D eigenvalue weighted by molar-refractivity contribution is 5.53. The molecule has 0 amide bonds. The van der Waals surface area contributed by atoms with E-state index in [1.807, 2.05) is 27.7 Å². The van der Waals surface area contributed by atoms with E-state index in [1.54, 1.807) is 0 Å². The third kappa shape index (κ3) is 3.34. The molecule has 2 heterocycles. The molecule has 0 saturated carbocycles. The van der Waals surface area contributed by atoms with Crippen LogP contribution in [0.2, 0.25) is 0 Å². The van der Waals surface area contributed by atoms with Crippen molar-refractivity contribution in [1.82, 2.24) is 0 Å². The van der Waals surface area contributed by atoms with E-state index in [2.05, 4.69) is 6.92 Å². The summed E-state index contributed by atoms with van der Waals surface area (Å²) in [5.74, 6) is -0.950. The van der Waals surface area contributed by atoms with Crippen molar-refractivity contribution in [3.63, 3.8) is 0 Å². The predicted molar refractivity (Wildman–Crippen MR) is 71.3 cm³/mol. The second kappa shape index (κ2) is 5.13. The summed E-state index contributed by atoms with van der Waals surface area (Å²) in [5, 5.41) is 7.26. The van der Waals surface area contributed by atoms with E-state index in [0.29, 0.717) is 13.0 Å². The lowest BCUT2D eigenvalue weighted by Crippen LogP contribution is -2.41. The van der Waals surface area contributed by atoms with Gasteiger partial charge in [0.15, 0.2) is 11.6 Å². The van der Waals surface area contributed by atoms with Crippen molar-refractivity contribution in [2.45, 2.75) is 70.9 Å². The van der Waals surface area contributed by atoms with Crippen LogP contribution in [0, 0.1) is 11.3 Å². The lowest BCUT2D eigenvalue weighted by molar-refractivity contribution is -0.175. The van der Waals surface area contributed by atoms with E-state index in [4.69, 9.17) is 24.4 Å². The first-order valence-corrected chi connectivity index (χ1v) is 6.90. The van der Waals surface area contributed by atoms with Crippen LogP contribution in [-0.2, 0) is 18.9 Å². The molecule has 2 aliphatic rings. The molecule has 0 aliphatic carbocycles. The SMILES string of the molecule is C[C@H](CC=N)[C@H]1OC(C)(C)O[C@@H]1[C@H]1COC(C)(C)O1. The van der Waals surface area contributed by atoms with Gasteiger partial charge in [-0.2, -0.15) is 0 Å². The molecule has 0 radical (unpaired) electrons. The second-order valence-electron chi connectivity index (χ2n) is 6.35. The second-order valence-corrected chi connectivity index (χ2v) is 6.35. The fraction of sp³-hybridized carbons (Fsp3) is 0.929. The Morgan fingerprint density at radius 3 is 2.37 bits per heavy atom. The third-order valence-corrected chi connectivity index (χ3v) is 3.61. The fourth-order valence-electron chi connectivity index (χ4n) is 2.74. The van der Waals surface area contributed by atoms with E-state index in [0.717, 1.165) is 0 Å². The van der Waals surface area contributed by atoms with Gasteiger partial charge in [-0.05, 0) is 46.2 Å². The van der Waals surface area contributed by atoms with Crippen LogP contribution < -0.4 is 0 Å². The molecule has 5 heteroatoms. The van der Waals surface area contributed by atoms with Gasteiger partial charge in [0, 0.05) is 0 Å². The van der Waals surface area contributed by atoms with Crippen LogP contribution in [0.5, 0.6) is 0 Å². The Labute approximate surface area is 115 Å². The van der Waals surface area contributed by atoms with Crippen molar-refractivity contribution in [2.75, 3.05) is 6.61 Å². The smallest absolute Gasteiger partial charge is 0.163 e. The van der Waals surface area contributed by atoms with Gasteiger partial charge in [-0.15, -0.1) is 0 Å². The van der Waals surface area contributed by atoms with Gasteiger partial charge in [0.25, 0.3) is 0 Å². The molecule has 0 aromatic heterocycles. The van der Waals surface area contributed by atoms with Crippen LogP contribution in [0.4, 0.5) is 0 Å². The zero-order chi connectivity index (χ0) is 14.3. The summed E-state index contributed by atoms with van der Waals surface area (Å²) in [6.45, 7) is 10.2. The van der Waals surface area contributed by atoms with Crippen LogP contribution in [0.25, 0.3) is 0 Å². The largest absolute Gasteiger partial charge is 0.348 e. The number of ether oxygens (including phenoxy) is 4. The van der Waals surface area contributed by atoms with E-state index < -0.39 is 11.6 Å². The Balaban J connectivity index is 2.10. The number of hydrogen-bond acceptors (Lipinski definition) is 5. The van der Waals surface area contributed by atoms with Gasteiger partial charge in [0.2, 0.25) is 0 Å². The zero-order valence-corrected chi connectivity index (χ0v) is 12.4. The van der Waals surface area contributed by atoms with Crippen LogP contribution in [-0.4, -0.2) is 42.7 Å². The highest BCUT2D eigenvalue weighted by Gasteiger charge is 2.50. The minimum absolute atomic E-state index is 0.0703. The highest BCUT2D eigenvalue weighted by atomic mass is 16.8. The maximum Gasteiger partial charge on any atom is 0.163 e. The molecule has 0 spiro atoms. The molecule has 110 valence electrons. The summed E-state index contributed by atoms with van der Waals surface area (Å²) >= 11 is 0. The molecule has 2 rings (SSSR count). The van der Waals surface area contributed by atoms with Crippen LogP contribution in [0.3, 0.4) is 0 Å². The molecule has 5 nitrogen and oxygen atoms in total. The minimum Gasteiger partial charge on any atom is -0.348 e. The van der Waals surface area contributed by atoms with E-state index >= 15 is 0 Å². The summed E-state index contributed by atoms with van der Waals surface area (Å²) in [4.78, 5) is 0. The Kier molecular flexibility index (Phi) is 4.02. The third-order valence-electron chi connectivity index (χ3n) is 3.61. The van der Waals surface area contributed by atoms with Crippen LogP contribution in [0.15, 0.2) is 0 Å². The van der Waals surface area contributed by atoms with E-state index in [9.17, 15) is 0 Å².